The number of hydrogen-bond acceptors (Lipinski definition) is 4. The van der Waals surface area contributed by atoms with Gasteiger partial charge in [-0.25, -0.2) is 0 Å². The molecule has 4 nitrogen and oxygen atoms in total. The Morgan fingerprint density at radius 3 is 1.50 bits per heavy atom. The summed E-state index contributed by atoms with van der Waals surface area (Å²) in [5, 5.41) is 0. The van der Waals surface area contributed by atoms with Crippen LogP contribution in [0.2, 0.25) is 0 Å². The SMILES string of the molecule is O[Si](O)(O)OF. The predicted octanol–water partition coefficient (Wildman–Crippen LogP) is -1.70. The summed E-state index contributed by atoms with van der Waals surface area (Å²) in [6, 6.07) is 0. The van der Waals surface area contributed by atoms with Gasteiger partial charge in [0.15, 0.2) is 0 Å². The van der Waals surface area contributed by atoms with Crippen molar-refractivity contribution in [2.24, 2.45) is 0 Å². The van der Waals surface area contributed by atoms with Gasteiger partial charge in [0.25, 0.3) is 0 Å². The van der Waals surface area contributed by atoms with Crippen molar-refractivity contribution in [2.45, 2.75) is 0 Å². The molecule has 0 radical (unpaired) electrons. The quantitative estimate of drug-likeness (QED) is 0.355. The fraction of sp³-hybridized carbons (Fsp3) is 0. The van der Waals surface area contributed by atoms with Crippen LogP contribution in [0.4, 0.5) is 4.53 Å². The maximum atomic E-state index is 10.3. The molecule has 0 unspecified atom stereocenters. The zero-order valence-electron chi connectivity index (χ0n) is 2.63. The first kappa shape index (κ1) is 5.99. The lowest BCUT2D eigenvalue weighted by Gasteiger charge is -1.96. The molecular formula is H3FO4Si. The predicted molar refractivity (Wildman–Crippen MR) is 14.6 cm³/mol. The van der Waals surface area contributed by atoms with Crippen LogP contribution in [0.1, 0.15) is 0 Å². The average Bonchev–Trinajstić information content (AvgIpc) is 1.35. The standard InChI is InChI=1S/FH3O4Si/c1-5-6(2,3)4/h2-4H. The summed E-state index contributed by atoms with van der Waals surface area (Å²) < 4.78 is 12.6. The van der Waals surface area contributed by atoms with E-state index < -0.39 is 9.05 Å². The highest BCUT2D eigenvalue weighted by atomic mass is 28.4. The van der Waals surface area contributed by atoms with Gasteiger partial charge in [0, 0.05) is 0 Å². The van der Waals surface area contributed by atoms with Gasteiger partial charge < -0.3 is 14.4 Å². The van der Waals surface area contributed by atoms with Gasteiger partial charge in [-0.15, -0.1) is 0 Å². The molecule has 6 heteroatoms. The normalized spacial score (nSPS) is 12.0. The van der Waals surface area contributed by atoms with E-state index in [9.17, 15) is 4.53 Å². The van der Waals surface area contributed by atoms with E-state index in [-0.39, 0.29) is 0 Å². The lowest BCUT2D eigenvalue weighted by Crippen LogP contribution is -2.35. The van der Waals surface area contributed by atoms with Gasteiger partial charge in [0.2, 0.25) is 0 Å². The first-order chi connectivity index (χ1) is 2.56. The second kappa shape index (κ2) is 1.62. The lowest BCUT2D eigenvalue weighted by atomic mass is 15.5. The molecule has 3 N–H and O–H groups in total. The maximum Gasteiger partial charge on any atom is 0.703 e. The van der Waals surface area contributed by atoms with Gasteiger partial charge in [0.1, 0.15) is 0 Å². The Balaban J connectivity index is 3.17. The highest BCUT2D eigenvalue weighted by molar-refractivity contribution is 6.48. The minimum atomic E-state index is -4.80. The second-order valence-corrected chi connectivity index (χ2v) is 1.95. The van der Waals surface area contributed by atoms with Crippen molar-refractivity contribution in [2.75, 3.05) is 0 Å². The van der Waals surface area contributed by atoms with E-state index in [1.807, 2.05) is 0 Å². The largest absolute Gasteiger partial charge is 0.703 e. The van der Waals surface area contributed by atoms with Crippen LogP contribution in [0.5, 0.6) is 0 Å². The monoisotopic (exact) mass is 114 g/mol. The molecule has 0 saturated carbocycles. The number of halogens is 1. The van der Waals surface area contributed by atoms with Crippen LogP contribution in [-0.2, 0) is 4.63 Å². The van der Waals surface area contributed by atoms with Crippen LogP contribution in [0.15, 0.2) is 0 Å². The van der Waals surface area contributed by atoms with Crippen LogP contribution < -0.4 is 0 Å². The van der Waals surface area contributed by atoms with Crippen molar-refractivity contribution in [1.82, 2.24) is 0 Å². The summed E-state index contributed by atoms with van der Waals surface area (Å²) in [5.74, 6) is 0. The van der Waals surface area contributed by atoms with Gasteiger partial charge in [-0.2, -0.15) is 4.63 Å². The van der Waals surface area contributed by atoms with E-state index in [4.69, 9.17) is 14.4 Å². The molecule has 0 aliphatic heterocycles. The fourth-order valence-electron chi connectivity index (χ4n) is 0. The van der Waals surface area contributed by atoms with Crippen LogP contribution in [0, 0.1) is 0 Å². The number of hydrogen-bond donors (Lipinski definition) is 3. The van der Waals surface area contributed by atoms with Gasteiger partial charge in [0.05, 0.1) is 0 Å². The molecule has 0 heterocycles. The van der Waals surface area contributed by atoms with Crippen LogP contribution in [-0.4, -0.2) is 23.4 Å². The number of rotatable bonds is 1. The summed E-state index contributed by atoms with van der Waals surface area (Å²) in [6.07, 6.45) is 0. The van der Waals surface area contributed by atoms with E-state index in [0.29, 0.717) is 0 Å². The van der Waals surface area contributed by atoms with E-state index in [1.54, 1.807) is 0 Å². The Labute approximate surface area is 33.8 Å². The Morgan fingerprint density at radius 2 is 1.50 bits per heavy atom. The highest BCUT2D eigenvalue weighted by Crippen LogP contribution is 1.85. The molecule has 0 spiro atoms. The fourth-order valence-corrected chi connectivity index (χ4v) is 0. The van der Waals surface area contributed by atoms with Crippen molar-refractivity contribution in [3.05, 3.63) is 0 Å². The molecule has 0 rings (SSSR count). The third-order valence-corrected chi connectivity index (χ3v) is 0.311. The Bertz CT molecular complexity index is 37.3. The van der Waals surface area contributed by atoms with E-state index in [1.165, 1.54) is 0 Å². The van der Waals surface area contributed by atoms with Crippen LogP contribution in [0.25, 0.3) is 0 Å². The van der Waals surface area contributed by atoms with Crippen molar-refractivity contribution in [3.8, 4) is 0 Å². The molecule has 0 amide bonds. The van der Waals surface area contributed by atoms with E-state index in [2.05, 4.69) is 4.63 Å². The van der Waals surface area contributed by atoms with E-state index in [0.717, 1.165) is 0 Å². The zero-order valence-corrected chi connectivity index (χ0v) is 3.63. The molecule has 0 aliphatic carbocycles. The van der Waals surface area contributed by atoms with Crippen molar-refractivity contribution < 1.29 is 23.5 Å². The molecule has 0 bridgehead atoms. The Kier molecular flexibility index (Phi) is 1.62. The third-order valence-electron chi connectivity index (χ3n) is 0.104. The van der Waals surface area contributed by atoms with Gasteiger partial charge in [-0.05, 0) is 0 Å². The van der Waals surface area contributed by atoms with Gasteiger partial charge in [-0.1, -0.05) is 4.53 Å². The minimum Gasteiger partial charge on any atom is -0.366 e. The molecule has 0 aromatic heterocycles. The lowest BCUT2D eigenvalue weighted by molar-refractivity contribution is -0.111. The highest BCUT2D eigenvalue weighted by Gasteiger charge is 2.31. The summed E-state index contributed by atoms with van der Waals surface area (Å²) >= 11 is 0. The Hall–Kier alpha value is -0.0131. The average molecular weight is 114 g/mol. The smallest absolute Gasteiger partial charge is 0.366 e. The second-order valence-electron chi connectivity index (χ2n) is 0.651. The summed E-state index contributed by atoms with van der Waals surface area (Å²) in [6.45, 7) is 0. The maximum absolute atomic E-state index is 10.3. The van der Waals surface area contributed by atoms with Crippen LogP contribution >= 0.6 is 0 Å². The molecule has 38 valence electrons. The summed E-state index contributed by atoms with van der Waals surface area (Å²) in [7, 11) is -4.80. The molecule has 0 aliphatic rings. The third kappa shape index (κ3) is 3.99. The molecule has 0 aromatic carbocycles. The molecular weight excluding hydrogens is 111 g/mol. The zero-order chi connectivity index (χ0) is 5.21. The van der Waals surface area contributed by atoms with Crippen molar-refractivity contribution in [3.63, 3.8) is 0 Å². The molecule has 0 saturated heterocycles. The first-order valence-corrected chi connectivity index (χ1v) is 2.78. The molecule has 0 aromatic rings. The summed E-state index contributed by atoms with van der Waals surface area (Å²) in [5.41, 5.74) is 0. The molecule has 0 atom stereocenters. The topological polar surface area (TPSA) is 69.9 Å². The van der Waals surface area contributed by atoms with E-state index >= 15 is 0 Å². The first-order valence-electron chi connectivity index (χ1n) is 1.03. The minimum absolute atomic E-state index is 2.24. The van der Waals surface area contributed by atoms with Gasteiger partial charge >= 0.3 is 9.05 Å². The van der Waals surface area contributed by atoms with Crippen molar-refractivity contribution in [1.29, 1.82) is 0 Å². The van der Waals surface area contributed by atoms with Gasteiger partial charge in [-0.3, -0.25) is 0 Å². The molecule has 6 heavy (non-hydrogen) atoms. The Morgan fingerprint density at radius 1 is 1.33 bits per heavy atom. The summed E-state index contributed by atoms with van der Waals surface area (Å²) in [4.78, 5) is 22.4. The molecule has 0 fully saturated rings. The van der Waals surface area contributed by atoms with Crippen LogP contribution in [0.3, 0.4) is 0 Å². The van der Waals surface area contributed by atoms with Crippen molar-refractivity contribution >= 4 is 9.05 Å².